The molecule has 3 heteroatoms. The van der Waals surface area contributed by atoms with Gasteiger partial charge in [-0.25, -0.2) is 0 Å². The molecule has 1 radical (unpaired) electrons. The molecule has 0 heterocycles. The Kier molecular flexibility index (Phi) is 5.44. The van der Waals surface area contributed by atoms with E-state index in [1.807, 2.05) is 0 Å². The molecule has 0 atom stereocenters. The fourth-order valence-corrected chi connectivity index (χ4v) is 2.02. The number of benzene rings is 1. The zero-order valence-electron chi connectivity index (χ0n) is 8.72. The molecule has 0 saturated carbocycles. The van der Waals surface area contributed by atoms with Crippen LogP contribution in [0.5, 0.6) is 0 Å². The van der Waals surface area contributed by atoms with E-state index in [0.29, 0.717) is 0 Å². The molecule has 1 aromatic carbocycles. The van der Waals surface area contributed by atoms with E-state index >= 15 is 0 Å². The Morgan fingerprint density at radius 1 is 1.21 bits per heavy atom. The Morgan fingerprint density at radius 3 is 2.43 bits per heavy atom. The molecule has 0 saturated heterocycles. The third-order valence-electron chi connectivity index (χ3n) is 1.91. The van der Waals surface area contributed by atoms with Gasteiger partial charge < -0.3 is 4.43 Å². The van der Waals surface area contributed by atoms with E-state index in [1.165, 1.54) is 5.56 Å². The van der Waals surface area contributed by atoms with Gasteiger partial charge in [0.25, 0.3) is 0 Å². The van der Waals surface area contributed by atoms with Crippen molar-refractivity contribution in [3.05, 3.63) is 34.3 Å². The maximum absolute atomic E-state index is 5.58. The molecule has 1 rings (SSSR count). The highest BCUT2D eigenvalue weighted by Crippen LogP contribution is 2.11. The average Bonchev–Trinajstić information content (AvgIpc) is 2.15. The molecule has 77 valence electrons. The van der Waals surface area contributed by atoms with Crippen LogP contribution < -0.4 is 0 Å². The Balaban J connectivity index is 2.21. The predicted octanol–water partition coefficient (Wildman–Crippen LogP) is 3.65. The van der Waals surface area contributed by atoms with E-state index in [4.69, 9.17) is 4.43 Å². The Labute approximate surface area is 96.3 Å². The third kappa shape index (κ3) is 4.93. The second kappa shape index (κ2) is 6.38. The van der Waals surface area contributed by atoms with Crippen LogP contribution in [0.4, 0.5) is 0 Å². The van der Waals surface area contributed by atoms with E-state index in [0.717, 1.165) is 23.9 Å². The van der Waals surface area contributed by atoms with Gasteiger partial charge in [-0.1, -0.05) is 28.1 Å². The molecule has 0 fully saturated rings. The molecule has 14 heavy (non-hydrogen) atoms. The van der Waals surface area contributed by atoms with Gasteiger partial charge in [0.15, 0.2) is 0 Å². The van der Waals surface area contributed by atoms with Gasteiger partial charge in [0.1, 0.15) is 0 Å². The van der Waals surface area contributed by atoms with Gasteiger partial charge >= 0.3 is 0 Å². The van der Waals surface area contributed by atoms with Crippen molar-refractivity contribution in [1.29, 1.82) is 0 Å². The SMILES string of the molecule is C[Si](C)OCCCc1ccc(Br)cc1. The summed E-state index contributed by atoms with van der Waals surface area (Å²) in [5, 5.41) is 0. The molecular formula is C11H16BrOSi. The molecule has 0 amide bonds. The van der Waals surface area contributed by atoms with Crippen molar-refractivity contribution < 1.29 is 4.43 Å². The summed E-state index contributed by atoms with van der Waals surface area (Å²) in [5.74, 6) is 0. The van der Waals surface area contributed by atoms with Gasteiger partial charge in [-0.3, -0.25) is 0 Å². The second-order valence-corrected chi connectivity index (χ2v) is 6.51. The van der Waals surface area contributed by atoms with Crippen molar-refractivity contribution in [3.63, 3.8) is 0 Å². The zero-order chi connectivity index (χ0) is 10.4. The molecule has 0 spiro atoms. The summed E-state index contributed by atoms with van der Waals surface area (Å²) in [4.78, 5) is 0. The fraction of sp³-hybridized carbons (Fsp3) is 0.455. The van der Waals surface area contributed by atoms with Crippen LogP contribution in [-0.2, 0) is 10.8 Å². The van der Waals surface area contributed by atoms with Gasteiger partial charge in [0.05, 0.1) is 0 Å². The monoisotopic (exact) mass is 271 g/mol. The number of hydrogen-bond acceptors (Lipinski definition) is 1. The summed E-state index contributed by atoms with van der Waals surface area (Å²) < 4.78 is 6.72. The van der Waals surface area contributed by atoms with Gasteiger partial charge in [-0.05, 0) is 43.6 Å². The normalized spacial score (nSPS) is 10.9. The first-order valence-electron chi connectivity index (χ1n) is 4.86. The minimum atomic E-state index is -0.503. The molecule has 0 aliphatic heterocycles. The van der Waals surface area contributed by atoms with E-state index in [1.54, 1.807) is 0 Å². The van der Waals surface area contributed by atoms with Crippen molar-refractivity contribution >= 4 is 25.0 Å². The summed E-state index contributed by atoms with van der Waals surface area (Å²) in [7, 11) is -0.503. The largest absolute Gasteiger partial charge is 0.417 e. The van der Waals surface area contributed by atoms with Crippen molar-refractivity contribution in [2.24, 2.45) is 0 Å². The highest BCUT2D eigenvalue weighted by molar-refractivity contribution is 9.10. The molecule has 1 nitrogen and oxygen atoms in total. The summed E-state index contributed by atoms with van der Waals surface area (Å²) in [6.07, 6.45) is 2.24. The first-order chi connectivity index (χ1) is 6.68. The van der Waals surface area contributed by atoms with E-state index in [-0.39, 0.29) is 0 Å². The molecule has 0 aromatic heterocycles. The first-order valence-corrected chi connectivity index (χ1v) is 8.06. The number of rotatable bonds is 5. The maximum atomic E-state index is 5.58. The van der Waals surface area contributed by atoms with E-state index < -0.39 is 9.04 Å². The van der Waals surface area contributed by atoms with Crippen molar-refractivity contribution in [3.8, 4) is 0 Å². The van der Waals surface area contributed by atoms with Crippen LogP contribution in [-0.4, -0.2) is 15.6 Å². The van der Waals surface area contributed by atoms with Crippen molar-refractivity contribution in [2.45, 2.75) is 25.9 Å². The lowest BCUT2D eigenvalue weighted by atomic mass is 10.1. The molecule has 1 aromatic rings. The Bertz CT molecular complexity index is 258. The molecule has 0 aliphatic rings. The minimum absolute atomic E-state index is 0.503. The van der Waals surface area contributed by atoms with Crippen LogP contribution >= 0.6 is 15.9 Å². The van der Waals surface area contributed by atoms with Gasteiger partial charge in [-0.2, -0.15) is 0 Å². The summed E-state index contributed by atoms with van der Waals surface area (Å²) in [5.41, 5.74) is 1.39. The lowest BCUT2D eigenvalue weighted by molar-refractivity contribution is 0.319. The van der Waals surface area contributed by atoms with Crippen molar-refractivity contribution in [1.82, 2.24) is 0 Å². The number of halogens is 1. The number of hydrogen-bond donors (Lipinski definition) is 0. The maximum Gasteiger partial charge on any atom is 0.204 e. The van der Waals surface area contributed by atoms with Crippen molar-refractivity contribution in [2.75, 3.05) is 6.61 Å². The van der Waals surface area contributed by atoms with Crippen LogP contribution in [0, 0.1) is 0 Å². The lowest BCUT2D eigenvalue weighted by Gasteiger charge is -2.05. The van der Waals surface area contributed by atoms with Crippen LogP contribution in [0.15, 0.2) is 28.7 Å². The zero-order valence-corrected chi connectivity index (χ0v) is 11.3. The smallest absolute Gasteiger partial charge is 0.204 e. The summed E-state index contributed by atoms with van der Waals surface area (Å²) >= 11 is 3.43. The predicted molar refractivity (Wildman–Crippen MR) is 65.9 cm³/mol. The quantitative estimate of drug-likeness (QED) is 0.587. The van der Waals surface area contributed by atoms with E-state index in [2.05, 4.69) is 53.3 Å². The minimum Gasteiger partial charge on any atom is -0.417 e. The Hall–Kier alpha value is -0.123. The average molecular weight is 272 g/mol. The molecule has 0 unspecified atom stereocenters. The highest BCUT2D eigenvalue weighted by Gasteiger charge is 1.97. The molecule has 0 N–H and O–H groups in total. The first kappa shape index (κ1) is 11.9. The van der Waals surface area contributed by atoms with Gasteiger partial charge in [0, 0.05) is 11.1 Å². The topological polar surface area (TPSA) is 9.23 Å². The van der Waals surface area contributed by atoms with Crippen LogP contribution in [0.1, 0.15) is 12.0 Å². The van der Waals surface area contributed by atoms with Gasteiger partial charge in [0.2, 0.25) is 9.04 Å². The second-order valence-electron chi connectivity index (χ2n) is 3.49. The third-order valence-corrected chi connectivity index (χ3v) is 3.22. The Morgan fingerprint density at radius 2 is 1.86 bits per heavy atom. The van der Waals surface area contributed by atoms with Gasteiger partial charge in [-0.15, -0.1) is 0 Å². The molecule has 0 aliphatic carbocycles. The lowest BCUT2D eigenvalue weighted by Crippen LogP contribution is -2.09. The number of aryl methyl sites for hydroxylation is 1. The highest BCUT2D eigenvalue weighted by atomic mass is 79.9. The summed E-state index contributed by atoms with van der Waals surface area (Å²) in [6, 6.07) is 8.50. The standard InChI is InChI=1S/C11H16BrOSi/c1-14(2)13-9-3-4-10-5-7-11(12)8-6-10/h5-8H,3-4,9H2,1-2H3. The summed E-state index contributed by atoms with van der Waals surface area (Å²) in [6.45, 7) is 5.24. The molecular weight excluding hydrogens is 256 g/mol. The van der Waals surface area contributed by atoms with E-state index in [9.17, 15) is 0 Å². The fourth-order valence-electron chi connectivity index (χ4n) is 1.20. The van der Waals surface area contributed by atoms with Crippen LogP contribution in [0.25, 0.3) is 0 Å². The molecule has 0 bridgehead atoms. The van der Waals surface area contributed by atoms with Crippen LogP contribution in [0.2, 0.25) is 13.1 Å². The van der Waals surface area contributed by atoms with Crippen LogP contribution in [0.3, 0.4) is 0 Å².